The molecule has 1 unspecified atom stereocenters. The zero-order chi connectivity index (χ0) is 13.8. The molecule has 1 aromatic carbocycles. The summed E-state index contributed by atoms with van der Waals surface area (Å²) in [6.45, 7) is 7.88. The average molecular weight is 250 g/mol. The molecule has 0 fully saturated rings. The molecule has 0 heterocycles. The van der Waals surface area contributed by atoms with Gasteiger partial charge in [0.15, 0.2) is 0 Å². The molecule has 0 saturated carbocycles. The molecule has 3 heteroatoms. The predicted molar refractivity (Wildman–Crippen MR) is 76.6 cm³/mol. The van der Waals surface area contributed by atoms with Gasteiger partial charge >= 0.3 is 0 Å². The molecule has 0 bridgehead atoms. The Morgan fingerprint density at radius 2 is 1.67 bits per heavy atom. The van der Waals surface area contributed by atoms with Gasteiger partial charge < -0.3 is 15.7 Å². The zero-order valence-corrected chi connectivity index (χ0v) is 12.0. The summed E-state index contributed by atoms with van der Waals surface area (Å²) in [4.78, 5) is 2.14. The molecule has 3 N–H and O–H groups in total. The maximum absolute atomic E-state index is 9.86. The van der Waals surface area contributed by atoms with Crippen LogP contribution in [0.15, 0.2) is 30.3 Å². The maximum atomic E-state index is 9.86. The van der Waals surface area contributed by atoms with Gasteiger partial charge in [-0.05, 0) is 26.5 Å². The van der Waals surface area contributed by atoms with Gasteiger partial charge in [-0.2, -0.15) is 0 Å². The molecule has 0 saturated heterocycles. The SMILES string of the molecule is CN(CC(C)(C)O)CC(C)(CN)c1ccccc1. The Morgan fingerprint density at radius 1 is 1.11 bits per heavy atom. The summed E-state index contributed by atoms with van der Waals surface area (Å²) in [5, 5.41) is 9.86. The van der Waals surface area contributed by atoms with E-state index >= 15 is 0 Å². The van der Waals surface area contributed by atoms with Gasteiger partial charge in [0.05, 0.1) is 5.60 Å². The predicted octanol–water partition coefficient (Wildman–Crippen LogP) is 1.61. The smallest absolute Gasteiger partial charge is 0.0718 e. The molecular weight excluding hydrogens is 224 g/mol. The molecule has 0 aromatic heterocycles. The van der Waals surface area contributed by atoms with Crippen molar-refractivity contribution in [1.82, 2.24) is 4.90 Å². The minimum absolute atomic E-state index is 0.0821. The Kier molecular flexibility index (Phi) is 4.91. The number of hydrogen-bond acceptors (Lipinski definition) is 3. The van der Waals surface area contributed by atoms with E-state index < -0.39 is 5.60 Å². The summed E-state index contributed by atoms with van der Waals surface area (Å²) in [5.41, 5.74) is 6.45. The van der Waals surface area contributed by atoms with Gasteiger partial charge in [0, 0.05) is 25.0 Å². The van der Waals surface area contributed by atoms with Crippen molar-refractivity contribution in [3.63, 3.8) is 0 Å². The quantitative estimate of drug-likeness (QED) is 0.806. The fraction of sp³-hybridized carbons (Fsp3) is 0.600. The molecule has 0 aliphatic rings. The van der Waals surface area contributed by atoms with Gasteiger partial charge in [-0.15, -0.1) is 0 Å². The number of rotatable bonds is 6. The number of benzene rings is 1. The van der Waals surface area contributed by atoms with Crippen molar-refractivity contribution < 1.29 is 5.11 Å². The number of likely N-dealkylation sites (N-methyl/N-ethyl adjacent to an activating group) is 1. The van der Waals surface area contributed by atoms with Crippen LogP contribution >= 0.6 is 0 Å². The van der Waals surface area contributed by atoms with E-state index in [-0.39, 0.29) is 5.41 Å². The van der Waals surface area contributed by atoms with Crippen molar-refractivity contribution in [2.45, 2.75) is 31.8 Å². The molecule has 1 aromatic rings. The van der Waals surface area contributed by atoms with E-state index in [2.05, 4.69) is 24.0 Å². The lowest BCUT2D eigenvalue weighted by Gasteiger charge is -2.35. The van der Waals surface area contributed by atoms with Crippen molar-refractivity contribution in [3.05, 3.63) is 35.9 Å². The summed E-state index contributed by atoms with van der Waals surface area (Å²) in [5.74, 6) is 0. The number of hydrogen-bond donors (Lipinski definition) is 2. The van der Waals surface area contributed by atoms with Crippen LogP contribution in [0.3, 0.4) is 0 Å². The fourth-order valence-electron chi connectivity index (χ4n) is 2.43. The molecule has 1 atom stereocenters. The Hall–Kier alpha value is -0.900. The molecule has 0 amide bonds. The first-order chi connectivity index (χ1) is 8.27. The lowest BCUT2D eigenvalue weighted by Crippen LogP contribution is -2.46. The lowest BCUT2D eigenvalue weighted by atomic mass is 9.82. The van der Waals surface area contributed by atoms with Crippen molar-refractivity contribution in [3.8, 4) is 0 Å². The molecule has 0 radical (unpaired) electrons. The van der Waals surface area contributed by atoms with Crippen molar-refractivity contribution in [2.24, 2.45) is 5.73 Å². The molecular formula is C15H26N2O. The summed E-state index contributed by atoms with van der Waals surface area (Å²) >= 11 is 0. The van der Waals surface area contributed by atoms with E-state index in [1.807, 2.05) is 39.1 Å². The Balaban J connectivity index is 2.78. The molecule has 3 nitrogen and oxygen atoms in total. The first kappa shape index (κ1) is 15.2. The molecule has 18 heavy (non-hydrogen) atoms. The van der Waals surface area contributed by atoms with Gasteiger partial charge in [-0.3, -0.25) is 0 Å². The normalized spacial score (nSPS) is 15.7. The van der Waals surface area contributed by atoms with E-state index in [0.29, 0.717) is 13.1 Å². The summed E-state index contributed by atoms with van der Waals surface area (Å²) in [7, 11) is 2.02. The number of nitrogens with two attached hydrogens (primary N) is 1. The highest BCUT2D eigenvalue weighted by atomic mass is 16.3. The van der Waals surface area contributed by atoms with Crippen LogP contribution in [-0.4, -0.2) is 42.3 Å². The Morgan fingerprint density at radius 3 is 2.11 bits per heavy atom. The van der Waals surface area contributed by atoms with Crippen LogP contribution in [0, 0.1) is 0 Å². The van der Waals surface area contributed by atoms with E-state index in [9.17, 15) is 5.11 Å². The largest absolute Gasteiger partial charge is 0.389 e. The minimum atomic E-state index is -0.680. The minimum Gasteiger partial charge on any atom is -0.389 e. The monoisotopic (exact) mass is 250 g/mol. The van der Waals surface area contributed by atoms with Crippen LogP contribution in [0.2, 0.25) is 0 Å². The van der Waals surface area contributed by atoms with E-state index in [1.165, 1.54) is 5.56 Å². The third kappa shape index (κ3) is 4.41. The Labute approximate surface area is 111 Å². The average Bonchev–Trinajstić information content (AvgIpc) is 2.27. The van der Waals surface area contributed by atoms with Gasteiger partial charge in [-0.25, -0.2) is 0 Å². The van der Waals surface area contributed by atoms with E-state index in [0.717, 1.165) is 6.54 Å². The summed E-state index contributed by atoms with van der Waals surface area (Å²) < 4.78 is 0. The first-order valence-electron chi connectivity index (χ1n) is 6.43. The Bertz CT molecular complexity index is 359. The van der Waals surface area contributed by atoms with Crippen LogP contribution in [0.4, 0.5) is 0 Å². The lowest BCUT2D eigenvalue weighted by molar-refractivity contribution is 0.0390. The second-order valence-corrected chi connectivity index (χ2v) is 6.12. The highest BCUT2D eigenvalue weighted by Crippen LogP contribution is 2.23. The van der Waals surface area contributed by atoms with Gasteiger partial charge in [0.2, 0.25) is 0 Å². The fourth-order valence-corrected chi connectivity index (χ4v) is 2.43. The molecule has 0 spiro atoms. The molecule has 102 valence electrons. The third-order valence-electron chi connectivity index (χ3n) is 3.20. The number of nitrogens with zero attached hydrogens (tertiary/aromatic N) is 1. The molecule has 0 aliphatic heterocycles. The molecule has 0 aliphatic carbocycles. The number of aliphatic hydroxyl groups is 1. The molecule has 1 rings (SSSR count). The first-order valence-corrected chi connectivity index (χ1v) is 6.43. The van der Waals surface area contributed by atoms with Crippen LogP contribution < -0.4 is 5.73 Å². The van der Waals surface area contributed by atoms with Crippen molar-refractivity contribution >= 4 is 0 Å². The van der Waals surface area contributed by atoms with Gasteiger partial charge in [0.25, 0.3) is 0 Å². The van der Waals surface area contributed by atoms with Crippen LogP contribution in [-0.2, 0) is 5.41 Å². The second-order valence-electron chi connectivity index (χ2n) is 6.12. The van der Waals surface area contributed by atoms with Crippen LogP contribution in [0.5, 0.6) is 0 Å². The van der Waals surface area contributed by atoms with Crippen molar-refractivity contribution in [2.75, 3.05) is 26.7 Å². The second kappa shape index (κ2) is 5.83. The topological polar surface area (TPSA) is 49.5 Å². The van der Waals surface area contributed by atoms with Gasteiger partial charge in [-0.1, -0.05) is 37.3 Å². The highest BCUT2D eigenvalue weighted by molar-refractivity contribution is 5.25. The standard InChI is InChI=1S/C15H26N2O/c1-14(2,18)11-17(4)12-15(3,10-16)13-8-6-5-7-9-13/h5-9,18H,10-12,16H2,1-4H3. The van der Waals surface area contributed by atoms with Gasteiger partial charge in [0.1, 0.15) is 0 Å². The third-order valence-corrected chi connectivity index (χ3v) is 3.20. The van der Waals surface area contributed by atoms with E-state index in [1.54, 1.807) is 0 Å². The highest BCUT2D eigenvalue weighted by Gasteiger charge is 2.28. The summed E-state index contributed by atoms with van der Waals surface area (Å²) in [6, 6.07) is 10.3. The van der Waals surface area contributed by atoms with Crippen LogP contribution in [0.1, 0.15) is 26.3 Å². The van der Waals surface area contributed by atoms with E-state index in [4.69, 9.17) is 5.73 Å². The van der Waals surface area contributed by atoms with Crippen LogP contribution in [0.25, 0.3) is 0 Å². The summed E-state index contributed by atoms with van der Waals surface area (Å²) in [6.07, 6.45) is 0. The van der Waals surface area contributed by atoms with Crippen molar-refractivity contribution in [1.29, 1.82) is 0 Å². The zero-order valence-electron chi connectivity index (χ0n) is 12.0. The maximum Gasteiger partial charge on any atom is 0.0718 e.